The predicted molar refractivity (Wildman–Crippen MR) is 71.2 cm³/mol. The maximum absolute atomic E-state index is 13.4. The molecule has 1 aromatic heterocycles. The Labute approximate surface area is 111 Å². The minimum atomic E-state index is -0.488. The highest BCUT2D eigenvalue weighted by Gasteiger charge is 2.06. The summed E-state index contributed by atoms with van der Waals surface area (Å²) in [6.45, 7) is 3.47. The minimum Gasteiger partial charge on any atom is -0.384 e. The first-order valence-corrected chi connectivity index (χ1v) is 6.12. The number of hydrogen-bond donors (Lipinski definition) is 1. The Kier molecular flexibility index (Phi) is 4.14. The topological polar surface area (TPSA) is 53.6 Å². The fourth-order valence-electron chi connectivity index (χ4n) is 1.90. The minimum absolute atomic E-state index is 0.0707. The number of anilines is 1. The molecule has 4 nitrogen and oxygen atoms in total. The van der Waals surface area contributed by atoms with Crippen LogP contribution in [0.3, 0.4) is 0 Å². The van der Waals surface area contributed by atoms with Gasteiger partial charge in [-0.3, -0.25) is 0 Å². The van der Waals surface area contributed by atoms with Gasteiger partial charge in [-0.25, -0.2) is 9.37 Å². The largest absolute Gasteiger partial charge is 0.384 e. The lowest BCUT2D eigenvalue weighted by Gasteiger charge is -2.09. The average Bonchev–Trinajstić information content (AvgIpc) is 2.80. The normalized spacial score (nSPS) is 10.2. The molecule has 1 N–H and O–H groups in total. The molecule has 5 heteroatoms. The Morgan fingerprint density at radius 1 is 1.47 bits per heavy atom. The van der Waals surface area contributed by atoms with Crippen molar-refractivity contribution in [3.8, 4) is 6.07 Å². The number of imidazole rings is 1. The smallest absolute Gasteiger partial charge is 0.143 e. The third kappa shape index (κ3) is 3.10. The molecule has 0 saturated heterocycles. The van der Waals surface area contributed by atoms with Gasteiger partial charge in [-0.2, -0.15) is 5.26 Å². The van der Waals surface area contributed by atoms with E-state index >= 15 is 0 Å². The number of nitriles is 1. The highest BCUT2D eigenvalue weighted by Crippen LogP contribution is 2.17. The fourth-order valence-corrected chi connectivity index (χ4v) is 1.90. The summed E-state index contributed by atoms with van der Waals surface area (Å²) >= 11 is 0. The average molecular weight is 258 g/mol. The van der Waals surface area contributed by atoms with Crippen LogP contribution >= 0.6 is 0 Å². The molecule has 0 bridgehead atoms. The van der Waals surface area contributed by atoms with Crippen molar-refractivity contribution in [2.24, 2.45) is 0 Å². The quantitative estimate of drug-likeness (QED) is 0.839. The van der Waals surface area contributed by atoms with Crippen molar-refractivity contribution in [3.63, 3.8) is 0 Å². The van der Waals surface area contributed by atoms with Crippen LogP contribution in [-0.4, -0.2) is 16.1 Å². The summed E-state index contributed by atoms with van der Waals surface area (Å²) in [5, 5.41) is 12.0. The summed E-state index contributed by atoms with van der Waals surface area (Å²) in [4.78, 5) is 4.14. The van der Waals surface area contributed by atoms with E-state index in [0.717, 1.165) is 18.8 Å². The van der Waals surface area contributed by atoms with Crippen LogP contribution in [0.4, 0.5) is 10.1 Å². The van der Waals surface area contributed by atoms with E-state index in [1.54, 1.807) is 18.3 Å². The third-order valence-electron chi connectivity index (χ3n) is 2.94. The molecule has 0 saturated carbocycles. The molecule has 0 aliphatic carbocycles. The zero-order valence-corrected chi connectivity index (χ0v) is 10.7. The van der Waals surface area contributed by atoms with Crippen LogP contribution in [0.15, 0.2) is 30.6 Å². The van der Waals surface area contributed by atoms with E-state index in [0.29, 0.717) is 12.2 Å². The van der Waals surface area contributed by atoms with Crippen molar-refractivity contribution in [2.75, 3.05) is 11.9 Å². The number of rotatable bonds is 5. The molecule has 2 rings (SSSR count). The molecule has 0 aliphatic heterocycles. The van der Waals surface area contributed by atoms with Gasteiger partial charge in [0.1, 0.15) is 23.3 Å². The van der Waals surface area contributed by atoms with Crippen LogP contribution in [0.5, 0.6) is 0 Å². The molecule has 0 unspecified atom stereocenters. The van der Waals surface area contributed by atoms with Gasteiger partial charge in [0.2, 0.25) is 0 Å². The van der Waals surface area contributed by atoms with E-state index in [-0.39, 0.29) is 5.56 Å². The van der Waals surface area contributed by atoms with Crippen molar-refractivity contribution >= 4 is 5.69 Å². The molecule has 19 heavy (non-hydrogen) atoms. The van der Waals surface area contributed by atoms with Crippen molar-refractivity contribution in [1.82, 2.24) is 9.55 Å². The van der Waals surface area contributed by atoms with Gasteiger partial charge in [0.25, 0.3) is 0 Å². The molecular formula is C14H15FN4. The van der Waals surface area contributed by atoms with E-state index in [1.165, 1.54) is 6.07 Å². The van der Waals surface area contributed by atoms with Crippen LogP contribution < -0.4 is 5.32 Å². The first-order chi connectivity index (χ1) is 9.22. The summed E-state index contributed by atoms with van der Waals surface area (Å²) in [7, 11) is 0. The number of aromatic nitrogens is 2. The standard InChI is InChI=1S/C14H15FN4/c1-11-17-7-9-19(11)8-3-6-18-14-5-2-4-13(15)12(14)10-16/h2,4-5,7,9,18H,3,6,8H2,1H3. The highest BCUT2D eigenvalue weighted by atomic mass is 19.1. The highest BCUT2D eigenvalue weighted by molar-refractivity contribution is 5.57. The van der Waals surface area contributed by atoms with Crippen molar-refractivity contribution in [1.29, 1.82) is 5.26 Å². The number of nitrogens with zero attached hydrogens (tertiary/aromatic N) is 3. The molecule has 2 aromatic rings. The van der Waals surface area contributed by atoms with E-state index in [9.17, 15) is 4.39 Å². The molecule has 0 amide bonds. The van der Waals surface area contributed by atoms with Gasteiger partial charge in [-0.15, -0.1) is 0 Å². The molecule has 98 valence electrons. The molecule has 0 spiro atoms. The molecule has 0 fully saturated rings. The zero-order chi connectivity index (χ0) is 13.7. The Balaban J connectivity index is 1.88. The SMILES string of the molecule is Cc1nccn1CCCNc1cccc(F)c1C#N. The summed E-state index contributed by atoms with van der Waals surface area (Å²) in [6.07, 6.45) is 4.57. The number of aryl methyl sites for hydroxylation is 2. The second kappa shape index (κ2) is 6.01. The Bertz CT molecular complexity index is 598. The number of benzene rings is 1. The first kappa shape index (κ1) is 13.1. The Hall–Kier alpha value is -2.35. The number of nitrogens with one attached hydrogen (secondary N) is 1. The molecular weight excluding hydrogens is 243 g/mol. The fraction of sp³-hybridized carbons (Fsp3) is 0.286. The molecule has 0 atom stereocenters. The lowest BCUT2D eigenvalue weighted by Crippen LogP contribution is -2.08. The van der Waals surface area contributed by atoms with Crippen LogP contribution in [0.2, 0.25) is 0 Å². The molecule has 1 aromatic carbocycles. The summed E-state index contributed by atoms with van der Waals surface area (Å²) < 4.78 is 15.4. The number of hydrogen-bond acceptors (Lipinski definition) is 3. The third-order valence-corrected chi connectivity index (χ3v) is 2.94. The molecule has 0 aliphatic rings. The van der Waals surface area contributed by atoms with Gasteiger partial charge < -0.3 is 9.88 Å². The summed E-state index contributed by atoms with van der Waals surface area (Å²) in [5.41, 5.74) is 0.617. The second-order valence-electron chi connectivity index (χ2n) is 4.22. The zero-order valence-electron chi connectivity index (χ0n) is 10.7. The first-order valence-electron chi connectivity index (χ1n) is 6.12. The van der Waals surface area contributed by atoms with Gasteiger partial charge in [0, 0.05) is 25.5 Å². The van der Waals surface area contributed by atoms with Crippen LogP contribution in [0.1, 0.15) is 17.8 Å². The Morgan fingerprint density at radius 2 is 2.32 bits per heavy atom. The van der Waals surface area contributed by atoms with E-state index in [4.69, 9.17) is 5.26 Å². The maximum Gasteiger partial charge on any atom is 0.143 e. The predicted octanol–water partition coefficient (Wildman–Crippen LogP) is 2.70. The van der Waals surface area contributed by atoms with Crippen molar-refractivity contribution in [2.45, 2.75) is 19.9 Å². The van der Waals surface area contributed by atoms with Crippen LogP contribution in [-0.2, 0) is 6.54 Å². The van der Waals surface area contributed by atoms with Gasteiger partial charge in [0.05, 0.1) is 5.69 Å². The van der Waals surface area contributed by atoms with E-state index < -0.39 is 5.82 Å². The van der Waals surface area contributed by atoms with E-state index in [1.807, 2.05) is 19.2 Å². The lowest BCUT2D eigenvalue weighted by molar-refractivity contribution is 0.623. The number of halogens is 1. The monoisotopic (exact) mass is 258 g/mol. The van der Waals surface area contributed by atoms with Gasteiger partial charge in [-0.1, -0.05) is 6.07 Å². The Morgan fingerprint density at radius 3 is 3.00 bits per heavy atom. The van der Waals surface area contributed by atoms with Gasteiger partial charge in [-0.05, 0) is 25.5 Å². The second-order valence-corrected chi connectivity index (χ2v) is 4.22. The van der Waals surface area contributed by atoms with Gasteiger partial charge >= 0.3 is 0 Å². The molecule has 1 heterocycles. The summed E-state index contributed by atoms with van der Waals surface area (Å²) in [6, 6.07) is 6.47. The molecule has 0 radical (unpaired) electrons. The lowest BCUT2D eigenvalue weighted by atomic mass is 10.2. The van der Waals surface area contributed by atoms with Crippen LogP contribution in [0.25, 0.3) is 0 Å². The van der Waals surface area contributed by atoms with Gasteiger partial charge in [0.15, 0.2) is 0 Å². The van der Waals surface area contributed by atoms with Crippen molar-refractivity contribution < 1.29 is 4.39 Å². The van der Waals surface area contributed by atoms with Crippen molar-refractivity contribution in [3.05, 3.63) is 47.8 Å². The van der Waals surface area contributed by atoms with Crippen LogP contribution in [0, 0.1) is 24.1 Å². The van der Waals surface area contributed by atoms with E-state index in [2.05, 4.69) is 14.9 Å². The summed E-state index contributed by atoms with van der Waals surface area (Å²) in [5.74, 6) is 0.487. The maximum atomic E-state index is 13.4.